The van der Waals surface area contributed by atoms with E-state index in [1.807, 2.05) is 0 Å². The van der Waals surface area contributed by atoms with Crippen LogP contribution in [0.25, 0.3) is 0 Å². The standard InChI is InChI=1S/C29H28F7NO2/c1-16(19-10-20(28(31,32)33)12-21(11-19)29(34,35)36)39-26-9-4-18-14-37(23-7-8-24(38)13-23)15-25(18)27(26)17-2-5-22(30)6-3-17/h2-3,5-6,10-13,16,18,25-27H,4,7-9,14-15H2,1H3/t16-,18?,25-,26+,27+/m1/s1. The first-order chi connectivity index (χ1) is 18.3. The summed E-state index contributed by atoms with van der Waals surface area (Å²) in [6, 6.07) is 7.53. The molecule has 0 aromatic heterocycles. The predicted octanol–water partition coefficient (Wildman–Crippen LogP) is 7.68. The number of carbonyl (C=O) groups excluding carboxylic acids is 1. The quantitative estimate of drug-likeness (QED) is 0.355. The van der Waals surface area contributed by atoms with Gasteiger partial charge >= 0.3 is 12.4 Å². The molecule has 0 amide bonds. The van der Waals surface area contributed by atoms with Crippen molar-refractivity contribution in [1.29, 1.82) is 0 Å². The van der Waals surface area contributed by atoms with E-state index >= 15 is 0 Å². The van der Waals surface area contributed by atoms with Crippen molar-refractivity contribution in [3.63, 3.8) is 0 Å². The van der Waals surface area contributed by atoms with Crippen LogP contribution in [-0.2, 0) is 21.9 Å². The minimum absolute atomic E-state index is 0.0604. The Morgan fingerprint density at radius 2 is 1.54 bits per heavy atom. The first-order valence-electron chi connectivity index (χ1n) is 13.0. The van der Waals surface area contributed by atoms with Gasteiger partial charge in [0.25, 0.3) is 0 Å². The molecule has 1 heterocycles. The van der Waals surface area contributed by atoms with Gasteiger partial charge in [-0.25, -0.2) is 4.39 Å². The summed E-state index contributed by atoms with van der Waals surface area (Å²) in [7, 11) is 0. The van der Waals surface area contributed by atoms with Crippen LogP contribution in [-0.4, -0.2) is 29.9 Å². The lowest BCUT2D eigenvalue weighted by Gasteiger charge is -2.41. The lowest BCUT2D eigenvalue weighted by molar-refractivity contribution is -0.143. The van der Waals surface area contributed by atoms with Crippen LogP contribution in [0.15, 0.2) is 54.2 Å². The number of allylic oxidation sites excluding steroid dienone is 2. The maximum Gasteiger partial charge on any atom is 0.416 e. The number of halogens is 7. The number of carbonyl (C=O) groups is 1. The number of alkyl halides is 6. The number of ether oxygens (including phenoxy) is 1. The largest absolute Gasteiger partial charge is 0.416 e. The molecule has 0 radical (unpaired) electrons. The Bertz CT molecular complexity index is 1220. The van der Waals surface area contributed by atoms with E-state index in [1.165, 1.54) is 19.1 Å². The molecule has 1 aliphatic heterocycles. The second-order valence-corrected chi connectivity index (χ2v) is 10.7. The molecule has 2 aromatic rings. The van der Waals surface area contributed by atoms with Gasteiger partial charge in [-0.3, -0.25) is 4.79 Å². The second kappa shape index (κ2) is 10.3. The van der Waals surface area contributed by atoms with Crippen LogP contribution in [0.5, 0.6) is 0 Å². The highest BCUT2D eigenvalue weighted by molar-refractivity contribution is 5.92. The molecule has 210 valence electrons. The van der Waals surface area contributed by atoms with Crippen molar-refractivity contribution in [1.82, 2.24) is 4.90 Å². The van der Waals surface area contributed by atoms with Crippen LogP contribution in [0.4, 0.5) is 30.7 Å². The molecule has 5 rings (SSSR count). The van der Waals surface area contributed by atoms with Crippen molar-refractivity contribution in [3.8, 4) is 0 Å². The fraction of sp³-hybridized carbons (Fsp3) is 0.483. The number of benzene rings is 2. The Hall–Kier alpha value is -2.88. The van der Waals surface area contributed by atoms with Crippen molar-refractivity contribution in [2.45, 2.75) is 63.1 Å². The first-order valence-corrected chi connectivity index (χ1v) is 13.0. The Kier molecular flexibility index (Phi) is 7.28. The molecule has 0 spiro atoms. The number of nitrogens with zero attached hydrogens (tertiary/aromatic N) is 1. The highest BCUT2D eigenvalue weighted by atomic mass is 19.4. The third-order valence-corrected chi connectivity index (χ3v) is 8.25. The smallest absolute Gasteiger partial charge is 0.374 e. The third-order valence-electron chi connectivity index (χ3n) is 8.25. The molecule has 0 N–H and O–H groups in total. The Labute approximate surface area is 221 Å². The van der Waals surface area contributed by atoms with Gasteiger partial charge in [0.2, 0.25) is 0 Å². The summed E-state index contributed by atoms with van der Waals surface area (Å²) in [5, 5.41) is 0. The summed E-state index contributed by atoms with van der Waals surface area (Å²) in [4.78, 5) is 14.0. The summed E-state index contributed by atoms with van der Waals surface area (Å²) in [6.07, 6.45) is -7.33. The van der Waals surface area contributed by atoms with Crippen LogP contribution in [0.3, 0.4) is 0 Å². The van der Waals surface area contributed by atoms with Gasteiger partial charge < -0.3 is 9.64 Å². The molecule has 1 unspecified atom stereocenters. The van der Waals surface area contributed by atoms with Gasteiger partial charge in [0.15, 0.2) is 5.78 Å². The molecule has 10 heteroatoms. The molecule has 2 aliphatic carbocycles. The number of rotatable bonds is 5. The molecule has 0 bridgehead atoms. The number of hydrogen-bond acceptors (Lipinski definition) is 3. The second-order valence-electron chi connectivity index (χ2n) is 10.7. The number of hydrogen-bond donors (Lipinski definition) is 0. The maximum absolute atomic E-state index is 13.8. The SMILES string of the molecule is C[C@@H](O[C@H]1CCC2CN(C3=CC(=O)CC3)C[C@H]2[C@@H]1c1ccc(F)cc1)c1cc(C(F)(F)F)cc(C(F)(F)F)c1. The molecule has 5 atom stereocenters. The predicted molar refractivity (Wildman–Crippen MR) is 129 cm³/mol. The zero-order valence-corrected chi connectivity index (χ0v) is 21.2. The summed E-state index contributed by atoms with van der Waals surface area (Å²) in [5.41, 5.74) is -1.18. The van der Waals surface area contributed by atoms with Gasteiger partial charge in [0.1, 0.15) is 5.82 Å². The van der Waals surface area contributed by atoms with E-state index in [0.717, 1.165) is 24.2 Å². The van der Waals surface area contributed by atoms with E-state index in [1.54, 1.807) is 18.2 Å². The summed E-state index contributed by atoms with van der Waals surface area (Å²) in [6.45, 7) is 2.85. The molecule has 3 nitrogen and oxygen atoms in total. The van der Waals surface area contributed by atoms with Crippen LogP contribution in [0.1, 0.15) is 66.9 Å². The molecular weight excluding hydrogens is 527 g/mol. The molecule has 2 aromatic carbocycles. The fourth-order valence-corrected chi connectivity index (χ4v) is 6.36. The normalized spacial score (nSPS) is 26.5. The monoisotopic (exact) mass is 555 g/mol. The molecule has 1 saturated carbocycles. The molecule has 1 saturated heterocycles. The fourth-order valence-electron chi connectivity index (χ4n) is 6.36. The minimum atomic E-state index is -4.95. The number of ketones is 1. The zero-order chi connectivity index (χ0) is 28.1. The van der Waals surface area contributed by atoms with E-state index in [-0.39, 0.29) is 35.2 Å². The lowest BCUT2D eigenvalue weighted by Crippen LogP contribution is -2.38. The van der Waals surface area contributed by atoms with Crippen molar-refractivity contribution in [2.24, 2.45) is 11.8 Å². The van der Waals surface area contributed by atoms with E-state index in [2.05, 4.69) is 4.90 Å². The van der Waals surface area contributed by atoms with Crippen molar-refractivity contribution in [2.75, 3.05) is 13.1 Å². The van der Waals surface area contributed by atoms with E-state index in [9.17, 15) is 35.5 Å². The van der Waals surface area contributed by atoms with Crippen molar-refractivity contribution < 1.29 is 40.3 Å². The van der Waals surface area contributed by atoms with E-state index < -0.39 is 41.5 Å². The van der Waals surface area contributed by atoms with Gasteiger partial charge in [0.05, 0.1) is 23.3 Å². The van der Waals surface area contributed by atoms with Gasteiger partial charge in [-0.15, -0.1) is 0 Å². The average Bonchev–Trinajstić information content (AvgIpc) is 3.49. The highest BCUT2D eigenvalue weighted by Gasteiger charge is 2.47. The van der Waals surface area contributed by atoms with E-state index in [0.29, 0.717) is 37.9 Å². The van der Waals surface area contributed by atoms with Crippen LogP contribution >= 0.6 is 0 Å². The summed E-state index contributed by atoms with van der Waals surface area (Å²) >= 11 is 0. The Morgan fingerprint density at radius 3 is 2.10 bits per heavy atom. The summed E-state index contributed by atoms with van der Waals surface area (Å²) in [5.74, 6) is -0.252. The average molecular weight is 556 g/mol. The number of fused-ring (bicyclic) bond motifs is 1. The Morgan fingerprint density at radius 1 is 0.897 bits per heavy atom. The van der Waals surface area contributed by atoms with Crippen LogP contribution < -0.4 is 0 Å². The lowest BCUT2D eigenvalue weighted by atomic mass is 9.69. The molecule has 2 fully saturated rings. The summed E-state index contributed by atoms with van der Waals surface area (Å²) < 4.78 is 101. The molecule has 39 heavy (non-hydrogen) atoms. The Balaban J connectivity index is 1.45. The first kappa shape index (κ1) is 27.7. The van der Waals surface area contributed by atoms with Gasteiger partial charge in [-0.05, 0) is 79.5 Å². The third kappa shape index (κ3) is 5.85. The van der Waals surface area contributed by atoms with Gasteiger partial charge in [-0.2, -0.15) is 26.3 Å². The minimum Gasteiger partial charge on any atom is -0.374 e. The van der Waals surface area contributed by atoms with Gasteiger partial charge in [-0.1, -0.05) is 12.1 Å². The van der Waals surface area contributed by atoms with E-state index in [4.69, 9.17) is 4.74 Å². The maximum atomic E-state index is 13.8. The molecular formula is C29H28F7NO2. The molecule has 3 aliphatic rings. The number of likely N-dealkylation sites (tertiary alicyclic amines) is 1. The van der Waals surface area contributed by atoms with Crippen LogP contribution in [0, 0.1) is 17.7 Å². The van der Waals surface area contributed by atoms with Crippen LogP contribution in [0.2, 0.25) is 0 Å². The highest BCUT2D eigenvalue weighted by Crippen LogP contribution is 2.49. The van der Waals surface area contributed by atoms with Gasteiger partial charge in [0, 0.05) is 37.2 Å². The topological polar surface area (TPSA) is 29.5 Å². The van der Waals surface area contributed by atoms with Crippen molar-refractivity contribution in [3.05, 3.63) is 82.3 Å². The zero-order valence-electron chi connectivity index (χ0n) is 21.2. The van der Waals surface area contributed by atoms with Crippen molar-refractivity contribution >= 4 is 5.78 Å².